The first-order valence-corrected chi connectivity index (χ1v) is 5.62. The number of aromatic nitrogens is 4. The third-order valence-electron chi connectivity index (χ3n) is 2.69. The molecule has 8 heteroatoms. The van der Waals surface area contributed by atoms with E-state index in [-0.39, 0.29) is 24.9 Å². The van der Waals surface area contributed by atoms with E-state index < -0.39 is 6.67 Å². The van der Waals surface area contributed by atoms with Crippen molar-refractivity contribution in [2.24, 2.45) is 7.05 Å². The Labute approximate surface area is 116 Å². The summed E-state index contributed by atoms with van der Waals surface area (Å²) in [4.78, 5) is 0. The largest absolute Gasteiger partial charge is 0.378 e. The van der Waals surface area contributed by atoms with Crippen LogP contribution >= 0.6 is 12.4 Å². The van der Waals surface area contributed by atoms with Gasteiger partial charge in [-0.15, -0.1) is 12.4 Å². The lowest BCUT2D eigenvalue weighted by Crippen LogP contribution is -2.03. The fourth-order valence-electron chi connectivity index (χ4n) is 1.73. The van der Waals surface area contributed by atoms with Crippen molar-refractivity contribution in [1.29, 1.82) is 0 Å². The molecule has 0 atom stereocenters. The predicted molar refractivity (Wildman–Crippen MR) is 70.7 cm³/mol. The zero-order valence-electron chi connectivity index (χ0n) is 10.7. The Morgan fingerprint density at radius 3 is 2.74 bits per heavy atom. The summed E-state index contributed by atoms with van der Waals surface area (Å²) >= 11 is 0. The molecule has 0 aliphatic rings. The van der Waals surface area contributed by atoms with Crippen LogP contribution in [0, 0.1) is 12.9 Å². The Balaban J connectivity index is 0.00000180. The molecule has 1 N–H and O–H groups in total. The van der Waals surface area contributed by atoms with Gasteiger partial charge >= 0.3 is 0 Å². The summed E-state index contributed by atoms with van der Waals surface area (Å²) in [6, 6.07) is 0. The maximum absolute atomic E-state index is 13.6. The summed E-state index contributed by atoms with van der Waals surface area (Å²) in [5, 5.41) is 11.0. The third-order valence-corrected chi connectivity index (χ3v) is 2.69. The minimum atomic E-state index is -0.461. The summed E-state index contributed by atoms with van der Waals surface area (Å²) in [6.07, 6.45) is 3.27. The standard InChI is InChI=1S/C11H15F2N5.ClH/c1-8-10(11(13)17(2)16-8)6-14-9-5-15-18(7-9)4-3-12;/h5,7,14H,3-4,6H2,1-2H3;1H. The van der Waals surface area contributed by atoms with Crippen LogP contribution in [0.15, 0.2) is 12.4 Å². The second-order valence-corrected chi connectivity index (χ2v) is 4.01. The minimum absolute atomic E-state index is 0. The molecule has 0 unspecified atom stereocenters. The molecule has 0 aliphatic heterocycles. The van der Waals surface area contributed by atoms with Crippen molar-refractivity contribution in [2.45, 2.75) is 20.0 Å². The predicted octanol–water partition coefficient (Wildman–Crippen LogP) is 2.07. The normalized spacial score (nSPS) is 10.3. The zero-order valence-corrected chi connectivity index (χ0v) is 11.5. The summed E-state index contributed by atoms with van der Waals surface area (Å²) in [7, 11) is 1.56. The molecule has 0 spiro atoms. The Hall–Kier alpha value is -1.63. The van der Waals surface area contributed by atoms with Gasteiger partial charge in [0, 0.05) is 25.4 Å². The van der Waals surface area contributed by atoms with E-state index in [2.05, 4.69) is 15.5 Å². The summed E-state index contributed by atoms with van der Waals surface area (Å²) < 4.78 is 28.4. The number of aryl methyl sites for hydroxylation is 3. The molecule has 2 aromatic heterocycles. The highest BCUT2D eigenvalue weighted by molar-refractivity contribution is 5.85. The molecule has 0 saturated heterocycles. The van der Waals surface area contributed by atoms with Crippen molar-refractivity contribution in [3.63, 3.8) is 0 Å². The molecule has 2 rings (SSSR count). The second kappa shape index (κ2) is 6.51. The van der Waals surface area contributed by atoms with Gasteiger partial charge in [0.2, 0.25) is 5.95 Å². The lowest BCUT2D eigenvalue weighted by atomic mass is 10.2. The van der Waals surface area contributed by atoms with E-state index >= 15 is 0 Å². The van der Waals surface area contributed by atoms with Crippen LogP contribution in [0.5, 0.6) is 0 Å². The van der Waals surface area contributed by atoms with E-state index in [0.717, 1.165) is 5.69 Å². The Bertz CT molecular complexity index is 537. The fraction of sp³-hybridized carbons (Fsp3) is 0.455. The van der Waals surface area contributed by atoms with Gasteiger partial charge in [0.25, 0.3) is 0 Å². The lowest BCUT2D eigenvalue weighted by molar-refractivity contribution is 0.427. The van der Waals surface area contributed by atoms with Crippen LogP contribution in [-0.4, -0.2) is 26.2 Å². The quantitative estimate of drug-likeness (QED) is 0.917. The molecule has 5 nitrogen and oxygen atoms in total. The van der Waals surface area contributed by atoms with E-state index in [1.807, 2.05) is 0 Å². The molecule has 19 heavy (non-hydrogen) atoms. The van der Waals surface area contributed by atoms with Crippen LogP contribution in [0.3, 0.4) is 0 Å². The molecule has 2 aromatic rings. The maximum atomic E-state index is 13.6. The minimum Gasteiger partial charge on any atom is -0.378 e. The van der Waals surface area contributed by atoms with Gasteiger partial charge in [0.15, 0.2) is 0 Å². The Kier molecular flexibility index (Phi) is 5.29. The highest BCUT2D eigenvalue weighted by Gasteiger charge is 2.12. The number of hydrogen-bond donors (Lipinski definition) is 1. The van der Waals surface area contributed by atoms with Crippen molar-refractivity contribution >= 4 is 18.1 Å². The van der Waals surface area contributed by atoms with Gasteiger partial charge < -0.3 is 5.32 Å². The number of alkyl halides is 1. The smallest absolute Gasteiger partial charge is 0.216 e. The molecule has 0 radical (unpaired) electrons. The van der Waals surface area contributed by atoms with Gasteiger partial charge in [-0.25, -0.2) is 9.07 Å². The van der Waals surface area contributed by atoms with Crippen LogP contribution in [0.2, 0.25) is 0 Å². The molecule has 2 heterocycles. The van der Waals surface area contributed by atoms with Gasteiger partial charge in [-0.05, 0) is 6.92 Å². The van der Waals surface area contributed by atoms with Crippen molar-refractivity contribution in [3.05, 3.63) is 29.6 Å². The van der Waals surface area contributed by atoms with Crippen LogP contribution in [-0.2, 0) is 20.1 Å². The first-order valence-electron chi connectivity index (χ1n) is 5.62. The van der Waals surface area contributed by atoms with E-state index in [0.29, 0.717) is 17.8 Å². The fourth-order valence-corrected chi connectivity index (χ4v) is 1.73. The zero-order chi connectivity index (χ0) is 13.1. The second-order valence-electron chi connectivity index (χ2n) is 4.01. The number of hydrogen-bond acceptors (Lipinski definition) is 3. The molecule has 0 bridgehead atoms. The van der Waals surface area contributed by atoms with Crippen LogP contribution in [0.4, 0.5) is 14.5 Å². The van der Waals surface area contributed by atoms with Gasteiger partial charge in [0.1, 0.15) is 6.67 Å². The average molecular weight is 292 g/mol. The first-order chi connectivity index (χ1) is 8.61. The molecule has 0 aliphatic carbocycles. The van der Waals surface area contributed by atoms with Gasteiger partial charge in [-0.3, -0.25) is 4.68 Å². The molecule has 0 fully saturated rings. The number of halogens is 3. The number of rotatable bonds is 5. The third kappa shape index (κ3) is 3.44. The average Bonchev–Trinajstić information content (AvgIpc) is 2.85. The van der Waals surface area contributed by atoms with Gasteiger partial charge in [0.05, 0.1) is 24.1 Å². The summed E-state index contributed by atoms with van der Waals surface area (Å²) in [5.74, 6) is -0.351. The highest BCUT2D eigenvalue weighted by Crippen LogP contribution is 2.14. The van der Waals surface area contributed by atoms with Crippen molar-refractivity contribution in [1.82, 2.24) is 19.6 Å². The molecule has 0 aromatic carbocycles. The number of anilines is 1. The summed E-state index contributed by atoms with van der Waals surface area (Å²) in [5.41, 5.74) is 1.90. The monoisotopic (exact) mass is 291 g/mol. The topological polar surface area (TPSA) is 47.7 Å². The van der Waals surface area contributed by atoms with Crippen molar-refractivity contribution < 1.29 is 8.78 Å². The number of nitrogens with zero attached hydrogens (tertiary/aromatic N) is 4. The summed E-state index contributed by atoms with van der Waals surface area (Å²) in [6.45, 7) is 1.85. The van der Waals surface area contributed by atoms with Crippen LogP contribution in [0.25, 0.3) is 0 Å². The van der Waals surface area contributed by atoms with E-state index in [1.54, 1.807) is 26.4 Å². The molecule has 106 valence electrons. The van der Waals surface area contributed by atoms with Gasteiger partial charge in [-0.2, -0.15) is 14.6 Å². The molecule has 0 saturated carbocycles. The molecular formula is C11H16ClF2N5. The lowest BCUT2D eigenvalue weighted by Gasteiger charge is -2.02. The number of nitrogens with one attached hydrogen (secondary N) is 1. The molecule has 0 amide bonds. The van der Waals surface area contributed by atoms with Crippen molar-refractivity contribution in [2.75, 3.05) is 12.0 Å². The highest BCUT2D eigenvalue weighted by atomic mass is 35.5. The first kappa shape index (κ1) is 15.4. The van der Waals surface area contributed by atoms with Crippen molar-refractivity contribution in [3.8, 4) is 0 Å². The molecular weight excluding hydrogens is 276 g/mol. The van der Waals surface area contributed by atoms with Crippen LogP contribution in [0.1, 0.15) is 11.3 Å². The van der Waals surface area contributed by atoms with E-state index in [9.17, 15) is 8.78 Å². The Morgan fingerprint density at radius 2 is 2.16 bits per heavy atom. The Morgan fingerprint density at radius 1 is 1.42 bits per heavy atom. The van der Waals surface area contributed by atoms with E-state index in [1.165, 1.54) is 9.36 Å². The van der Waals surface area contributed by atoms with Gasteiger partial charge in [-0.1, -0.05) is 0 Å². The van der Waals surface area contributed by atoms with E-state index in [4.69, 9.17) is 0 Å². The SMILES string of the molecule is Cc1nn(C)c(F)c1CNc1cnn(CCF)c1.Cl. The van der Waals surface area contributed by atoms with Crippen LogP contribution < -0.4 is 5.32 Å². The maximum Gasteiger partial charge on any atom is 0.216 e.